The largest absolute Gasteiger partial charge is 0.370 e. The first-order chi connectivity index (χ1) is 10.1. The molecule has 0 N–H and O–H groups in total. The van der Waals surface area contributed by atoms with Crippen molar-refractivity contribution in [3.05, 3.63) is 0 Å². The quantitative estimate of drug-likeness (QED) is 0.275. The lowest BCUT2D eigenvalue weighted by Gasteiger charge is -2.26. The van der Waals surface area contributed by atoms with Gasteiger partial charge in [0.25, 0.3) is 0 Å². The topological polar surface area (TPSA) is 12.5 Å². The van der Waals surface area contributed by atoms with Gasteiger partial charge in [0, 0.05) is 0 Å². The van der Waals surface area contributed by atoms with Gasteiger partial charge in [0.15, 0.2) is 0 Å². The van der Waals surface area contributed by atoms with Crippen LogP contribution in [0.25, 0.3) is 0 Å². The van der Waals surface area contributed by atoms with Gasteiger partial charge in [-0.05, 0) is 31.1 Å². The summed E-state index contributed by atoms with van der Waals surface area (Å²) in [4.78, 5) is 0. The molecule has 0 bridgehead atoms. The fourth-order valence-corrected chi connectivity index (χ4v) is 3.75. The van der Waals surface area contributed by atoms with Crippen LogP contribution in [0.1, 0.15) is 98.8 Å². The Balaban J connectivity index is 2.27. The molecule has 0 spiro atoms. The van der Waals surface area contributed by atoms with Crippen LogP contribution in [0.5, 0.6) is 0 Å². The Hall–Kier alpha value is -0.0400. The first-order valence-electron chi connectivity index (χ1n) is 9.77. The summed E-state index contributed by atoms with van der Waals surface area (Å²) < 4.78 is 5.69. The maximum Gasteiger partial charge on any atom is 0.0841 e. The fraction of sp³-hybridized carbons (Fsp3) is 1.00. The Labute approximate surface area is 134 Å². The van der Waals surface area contributed by atoms with Crippen LogP contribution in [-0.2, 0) is 4.74 Å². The van der Waals surface area contributed by atoms with Crippen LogP contribution < -0.4 is 0 Å². The lowest BCUT2D eigenvalue weighted by Crippen LogP contribution is -2.17. The normalized spacial score (nSPS) is 25.6. The summed E-state index contributed by atoms with van der Waals surface area (Å²) >= 11 is 0. The third-order valence-corrected chi connectivity index (χ3v) is 5.69. The average Bonchev–Trinajstić information content (AvgIpc) is 3.18. The first-order valence-corrected chi connectivity index (χ1v) is 9.77. The predicted molar refractivity (Wildman–Crippen MR) is 93.7 cm³/mol. The lowest BCUT2D eigenvalue weighted by molar-refractivity contribution is 0.234. The van der Waals surface area contributed by atoms with E-state index in [1.807, 2.05) is 0 Å². The van der Waals surface area contributed by atoms with E-state index in [0.717, 1.165) is 17.8 Å². The molecule has 0 aromatic rings. The van der Waals surface area contributed by atoms with Crippen molar-refractivity contribution in [1.29, 1.82) is 0 Å². The van der Waals surface area contributed by atoms with Gasteiger partial charge < -0.3 is 4.74 Å². The predicted octanol–water partition coefficient (Wildman–Crippen LogP) is 6.60. The third-order valence-electron chi connectivity index (χ3n) is 5.69. The van der Waals surface area contributed by atoms with Crippen LogP contribution in [0.2, 0.25) is 0 Å². The summed E-state index contributed by atoms with van der Waals surface area (Å²) in [7, 11) is 0. The number of unbranched alkanes of at least 4 members (excludes halogenated alkanes) is 2. The molecule has 126 valence electrons. The molecule has 0 radical (unpaired) electrons. The van der Waals surface area contributed by atoms with Crippen LogP contribution in [0.3, 0.4) is 0 Å². The number of ether oxygens (including phenoxy) is 1. The maximum absolute atomic E-state index is 5.69. The van der Waals surface area contributed by atoms with Crippen LogP contribution in [-0.4, -0.2) is 12.2 Å². The highest BCUT2D eigenvalue weighted by Crippen LogP contribution is 2.36. The molecular formula is C20H40O. The third kappa shape index (κ3) is 7.68. The molecule has 21 heavy (non-hydrogen) atoms. The van der Waals surface area contributed by atoms with Crippen molar-refractivity contribution in [2.75, 3.05) is 0 Å². The van der Waals surface area contributed by atoms with Crippen molar-refractivity contribution < 1.29 is 4.74 Å². The standard InChI is InChI=1S/C20H40O/c1-6-12-18(8-3)19(15-20-17(5)21-20)14-11-9-10-13-16(4)7-2/h16-20H,6-15H2,1-5H3. The average molecular weight is 297 g/mol. The second-order valence-electron chi connectivity index (χ2n) is 7.48. The summed E-state index contributed by atoms with van der Waals surface area (Å²) in [5, 5.41) is 0. The molecule has 5 unspecified atom stereocenters. The lowest BCUT2D eigenvalue weighted by atomic mass is 9.80. The Morgan fingerprint density at radius 3 is 2.05 bits per heavy atom. The van der Waals surface area contributed by atoms with E-state index in [9.17, 15) is 0 Å². The molecule has 0 aliphatic carbocycles. The van der Waals surface area contributed by atoms with Crippen molar-refractivity contribution in [1.82, 2.24) is 0 Å². The van der Waals surface area contributed by atoms with Crippen LogP contribution in [0, 0.1) is 17.8 Å². The number of hydrogen-bond donors (Lipinski definition) is 0. The van der Waals surface area contributed by atoms with E-state index in [1.54, 1.807) is 0 Å². The molecule has 1 saturated heterocycles. The minimum absolute atomic E-state index is 0.539. The minimum Gasteiger partial charge on any atom is -0.370 e. The highest BCUT2D eigenvalue weighted by molar-refractivity contribution is 4.85. The van der Waals surface area contributed by atoms with Gasteiger partial charge in [-0.15, -0.1) is 0 Å². The highest BCUT2D eigenvalue weighted by Gasteiger charge is 2.37. The molecule has 1 nitrogen and oxygen atoms in total. The molecule has 0 aromatic heterocycles. The molecule has 1 aliphatic heterocycles. The van der Waals surface area contributed by atoms with E-state index in [0.29, 0.717) is 12.2 Å². The van der Waals surface area contributed by atoms with Crippen LogP contribution >= 0.6 is 0 Å². The zero-order valence-corrected chi connectivity index (χ0v) is 15.4. The summed E-state index contributed by atoms with van der Waals surface area (Å²) in [6, 6.07) is 0. The van der Waals surface area contributed by atoms with Crippen molar-refractivity contribution in [3.8, 4) is 0 Å². The number of rotatable bonds is 13. The van der Waals surface area contributed by atoms with E-state index in [-0.39, 0.29) is 0 Å². The number of epoxide rings is 1. The van der Waals surface area contributed by atoms with Crippen LogP contribution in [0.15, 0.2) is 0 Å². The van der Waals surface area contributed by atoms with Crippen molar-refractivity contribution >= 4 is 0 Å². The molecule has 1 heterocycles. The van der Waals surface area contributed by atoms with E-state index in [4.69, 9.17) is 4.74 Å². The Morgan fingerprint density at radius 2 is 1.52 bits per heavy atom. The number of hydrogen-bond acceptors (Lipinski definition) is 1. The summed E-state index contributed by atoms with van der Waals surface area (Å²) in [6.45, 7) is 11.7. The zero-order chi connectivity index (χ0) is 15.7. The molecule has 0 aromatic carbocycles. The summed E-state index contributed by atoms with van der Waals surface area (Å²) in [5.74, 6) is 2.76. The van der Waals surface area contributed by atoms with Crippen molar-refractivity contribution in [3.63, 3.8) is 0 Å². The molecule has 1 aliphatic rings. The molecule has 0 amide bonds. The van der Waals surface area contributed by atoms with E-state index in [2.05, 4.69) is 34.6 Å². The van der Waals surface area contributed by atoms with Crippen molar-refractivity contribution in [2.45, 2.75) is 111 Å². The van der Waals surface area contributed by atoms with Gasteiger partial charge in [-0.1, -0.05) is 85.5 Å². The second-order valence-corrected chi connectivity index (χ2v) is 7.48. The molecular weight excluding hydrogens is 256 g/mol. The Morgan fingerprint density at radius 1 is 0.857 bits per heavy atom. The summed E-state index contributed by atoms with van der Waals surface area (Å²) in [6.07, 6.45) is 15.1. The van der Waals surface area contributed by atoms with Gasteiger partial charge in [-0.3, -0.25) is 0 Å². The molecule has 1 fully saturated rings. The first kappa shape index (κ1) is 19.0. The Kier molecular flexibility index (Phi) is 9.64. The smallest absolute Gasteiger partial charge is 0.0841 e. The molecule has 5 atom stereocenters. The van der Waals surface area contributed by atoms with Gasteiger partial charge in [0.2, 0.25) is 0 Å². The minimum atomic E-state index is 0.539. The highest BCUT2D eigenvalue weighted by atomic mass is 16.6. The molecule has 1 rings (SSSR count). The molecule has 1 heteroatoms. The van der Waals surface area contributed by atoms with Crippen LogP contribution in [0.4, 0.5) is 0 Å². The SMILES string of the molecule is CCCC(CC)C(CCCCCC(C)CC)CC1OC1C. The zero-order valence-electron chi connectivity index (χ0n) is 15.4. The van der Waals surface area contributed by atoms with E-state index in [1.165, 1.54) is 64.2 Å². The maximum atomic E-state index is 5.69. The van der Waals surface area contributed by atoms with Gasteiger partial charge in [0.1, 0.15) is 0 Å². The van der Waals surface area contributed by atoms with Gasteiger partial charge in [-0.25, -0.2) is 0 Å². The van der Waals surface area contributed by atoms with Gasteiger partial charge >= 0.3 is 0 Å². The Bertz CT molecular complexity index is 250. The monoisotopic (exact) mass is 296 g/mol. The van der Waals surface area contributed by atoms with Gasteiger partial charge in [0.05, 0.1) is 12.2 Å². The summed E-state index contributed by atoms with van der Waals surface area (Å²) in [5.41, 5.74) is 0. The second kappa shape index (κ2) is 10.6. The fourth-order valence-electron chi connectivity index (χ4n) is 3.75. The van der Waals surface area contributed by atoms with Crippen molar-refractivity contribution in [2.24, 2.45) is 17.8 Å². The van der Waals surface area contributed by atoms with Gasteiger partial charge in [-0.2, -0.15) is 0 Å². The van der Waals surface area contributed by atoms with E-state index >= 15 is 0 Å². The molecule has 0 saturated carbocycles. The van der Waals surface area contributed by atoms with E-state index < -0.39 is 0 Å².